The largest absolute Gasteiger partial charge is 0.352 e. The Morgan fingerprint density at radius 3 is 2.68 bits per heavy atom. The van der Waals surface area contributed by atoms with E-state index in [1.54, 1.807) is 29.5 Å². The van der Waals surface area contributed by atoms with E-state index in [2.05, 4.69) is 25.0 Å². The molecular formula is C20H19N5O4S2. The summed E-state index contributed by atoms with van der Waals surface area (Å²) in [6.45, 7) is 2.29. The van der Waals surface area contributed by atoms with Crippen LogP contribution in [0.3, 0.4) is 0 Å². The lowest BCUT2D eigenvalue weighted by molar-refractivity contribution is 0.0955. The number of hydrogen-bond donors (Lipinski definition) is 4. The van der Waals surface area contributed by atoms with Gasteiger partial charge in [-0.25, -0.2) is 18.2 Å². The zero-order chi connectivity index (χ0) is 22.0. The van der Waals surface area contributed by atoms with Gasteiger partial charge in [-0.05, 0) is 37.3 Å². The summed E-state index contributed by atoms with van der Waals surface area (Å²) in [7, 11) is -3.99. The van der Waals surface area contributed by atoms with Gasteiger partial charge in [-0.1, -0.05) is 12.1 Å². The van der Waals surface area contributed by atoms with E-state index in [1.165, 1.54) is 24.3 Å². The van der Waals surface area contributed by atoms with Crippen molar-refractivity contribution in [2.45, 2.75) is 18.2 Å². The molecule has 4 aromatic rings. The average Bonchev–Trinajstić information content (AvgIpc) is 3.31. The van der Waals surface area contributed by atoms with E-state index >= 15 is 0 Å². The van der Waals surface area contributed by atoms with Crippen LogP contribution in [0.2, 0.25) is 0 Å². The number of carbonyl (C=O) groups excluding carboxylic acids is 1. The van der Waals surface area contributed by atoms with Crippen LogP contribution in [0.25, 0.3) is 11.0 Å². The number of anilines is 1. The number of nitrogens with one attached hydrogen (secondary N) is 4. The summed E-state index contributed by atoms with van der Waals surface area (Å²) in [5.41, 5.74) is 1.71. The maximum absolute atomic E-state index is 12.9. The van der Waals surface area contributed by atoms with E-state index in [1.807, 2.05) is 12.3 Å². The second-order valence-corrected chi connectivity index (χ2v) is 9.55. The molecule has 0 spiro atoms. The van der Waals surface area contributed by atoms with Gasteiger partial charge < -0.3 is 15.3 Å². The number of fused-ring (bicyclic) bond motifs is 1. The van der Waals surface area contributed by atoms with Crippen molar-refractivity contribution >= 4 is 44.0 Å². The Balaban J connectivity index is 1.51. The minimum atomic E-state index is -3.99. The van der Waals surface area contributed by atoms with Crippen molar-refractivity contribution in [1.29, 1.82) is 0 Å². The normalized spacial score (nSPS) is 11.5. The van der Waals surface area contributed by atoms with Crippen LogP contribution in [0.4, 0.5) is 5.69 Å². The van der Waals surface area contributed by atoms with E-state index in [4.69, 9.17) is 0 Å². The molecule has 0 unspecified atom stereocenters. The SMILES string of the molecule is Cc1nc(CCNC(=O)c2ccccc2NS(=O)(=O)c2ccc3[nH]c(=O)[nH]c3c2)cs1. The molecule has 4 rings (SSSR count). The number of hydrogen-bond acceptors (Lipinski definition) is 6. The maximum Gasteiger partial charge on any atom is 0.323 e. The van der Waals surface area contributed by atoms with Crippen molar-refractivity contribution in [2.75, 3.05) is 11.3 Å². The van der Waals surface area contributed by atoms with Gasteiger partial charge in [0.25, 0.3) is 15.9 Å². The second-order valence-electron chi connectivity index (χ2n) is 6.80. The number of carbonyl (C=O) groups is 1. The molecule has 31 heavy (non-hydrogen) atoms. The lowest BCUT2D eigenvalue weighted by Crippen LogP contribution is -2.27. The number of aromatic nitrogens is 3. The highest BCUT2D eigenvalue weighted by molar-refractivity contribution is 7.92. The molecule has 4 N–H and O–H groups in total. The Labute approximate surface area is 181 Å². The summed E-state index contributed by atoms with van der Waals surface area (Å²) >= 11 is 1.55. The molecule has 0 saturated heterocycles. The summed E-state index contributed by atoms with van der Waals surface area (Å²) in [4.78, 5) is 33.5. The fraction of sp³-hybridized carbons (Fsp3) is 0.150. The van der Waals surface area contributed by atoms with Gasteiger partial charge >= 0.3 is 5.69 Å². The summed E-state index contributed by atoms with van der Waals surface area (Å²) in [6.07, 6.45) is 0.582. The van der Waals surface area contributed by atoms with Crippen molar-refractivity contribution in [3.8, 4) is 0 Å². The number of aromatic amines is 2. The van der Waals surface area contributed by atoms with Crippen molar-refractivity contribution < 1.29 is 13.2 Å². The first-order valence-electron chi connectivity index (χ1n) is 9.35. The minimum absolute atomic E-state index is 0.0376. The summed E-state index contributed by atoms with van der Waals surface area (Å²) in [5.74, 6) is -0.393. The molecule has 0 fully saturated rings. The van der Waals surface area contributed by atoms with Gasteiger partial charge in [0.2, 0.25) is 0 Å². The monoisotopic (exact) mass is 457 g/mol. The van der Waals surface area contributed by atoms with E-state index in [0.29, 0.717) is 24.0 Å². The highest BCUT2D eigenvalue weighted by atomic mass is 32.2. The van der Waals surface area contributed by atoms with Crippen LogP contribution in [-0.2, 0) is 16.4 Å². The number of amides is 1. The topological polar surface area (TPSA) is 137 Å². The molecule has 11 heteroatoms. The van der Waals surface area contributed by atoms with Gasteiger partial charge in [0.05, 0.1) is 37.9 Å². The first-order valence-corrected chi connectivity index (χ1v) is 11.7. The quantitative estimate of drug-likeness (QED) is 0.338. The number of nitrogens with zero attached hydrogens (tertiary/aromatic N) is 1. The molecule has 0 aliphatic heterocycles. The van der Waals surface area contributed by atoms with Gasteiger partial charge in [0, 0.05) is 18.3 Å². The predicted molar refractivity (Wildman–Crippen MR) is 119 cm³/mol. The van der Waals surface area contributed by atoms with E-state index in [9.17, 15) is 18.0 Å². The number of rotatable bonds is 7. The first kappa shape index (κ1) is 20.8. The second kappa shape index (κ2) is 8.36. The van der Waals surface area contributed by atoms with Gasteiger partial charge in [0.15, 0.2) is 0 Å². The Morgan fingerprint density at radius 1 is 1.13 bits per heavy atom. The molecule has 0 atom stereocenters. The minimum Gasteiger partial charge on any atom is -0.352 e. The number of imidazole rings is 1. The van der Waals surface area contributed by atoms with Crippen LogP contribution >= 0.6 is 11.3 Å². The van der Waals surface area contributed by atoms with Crippen molar-refractivity contribution in [1.82, 2.24) is 20.3 Å². The van der Waals surface area contributed by atoms with Crippen LogP contribution in [0.1, 0.15) is 21.1 Å². The van der Waals surface area contributed by atoms with E-state index in [-0.39, 0.29) is 16.1 Å². The standard InChI is InChI=1S/C20H19N5O4S2/c1-12-22-13(11-30-12)8-9-21-19(26)15-4-2-3-5-16(15)25-31(28,29)14-6-7-17-18(10-14)24-20(27)23-17/h2-7,10-11,25H,8-9H2,1H3,(H,21,26)(H2,23,24,27). The van der Waals surface area contributed by atoms with Crippen molar-refractivity contribution in [2.24, 2.45) is 0 Å². The molecule has 2 aromatic heterocycles. The molecule has 0 aliphatic carbocycles. The lowest BCUT2D eigenvalue weighted by Gasteiger charge is -2.13. The Kier molecular flexibility index (Phi) is 5.61. The molecule has 2 aromatic carbocycles. The Hall–Kier alpha value is -3.44. The first-order chi connectivity index (χ1) is 14.8. The molecule has 0 aliphatic rings. The van der Waals surface area contributed by atoms with E-state index in [0.717, 1.165) is 10.7 Å². The third-order valence-corrected chi connectivity index (χ3v) is 6.73. The maximum atomic E-state index is 12.9. The molecular weight excluding hydrogens is 438 g/mol. The van der Waals surface area contributed by atoms with Gasteiger partial charge in [-0.15, -0.1) is 11.3 Å². The zero-order valence-electron chi connectivity index (χ0n) is 16.4. The van der Waals surface area contributed by atoms with E-state index < -0.39 is 21.6 Å². The molecule has 160 valence electrons. The molecule has 0 radical (unpaired) electrons. The number of H-pyrrole nitrogens is 2. The Morgan fingerprint density at radius 2 is 1.90 bits per heavy atom. The highest BCUT2D eigenvalue weighted by Crippen LogP contribution is 2.22. The smallest absolute Gasteiger partial charge is 0.323 e. The molecule has 0 bridgehead atoms. The number of thiazole rings is 1. The fourth-order valence-electron chi connectivity index (χ4n) is 3.08. The molecule has 1 amide bonds. The van der Waals surface area contributed by atoms with Crippen molar-refractivity contribution in [3.05, 3.63) is 74.6 Å². The van der Waals surface area contributed by atoms with Gasteiger partial charge in [-0.3, -0.25) is 9.52 Å². The molecule has 0 saturated carbocycles. The number of benzene rings is 2. The molecule has 2 heterocycles. The van der Waals surface area contributed by atoms with Crippen LogP contribution < -0.4 is 15.7 Å². The summed E-state index contributed by atoms with van der Waals surface area (Å²) < 4.78 is 28.2. The zero-order valence-corrected chi connectivity index (χ0v) is 18.1. The molecule has 9 nitrogen and oxygen atoms in total. The number of para-hydroxylation sites is 1. The number of sulfonamides is 1. The lowest BCUT2D eigenvalue weighted by atomic mass is 10.1. The van der Waals surface area contributed by atoms with Gasteiger partial charge in [-0.2, -0.15) is 0 Å². The van der Waals surface area contributed by atoms with Gasteiger partial charge in [0.1, 0.15) is 0 Å². The van der Waals surface area contributed by atoms with Crippen LogP contribution in [0.15, 0.2) is 57.5 Å². The average molecular weight is 458 g/mol. The third kappa shape index (κ3) is 4.67. The van der Waals surface area contributed by atoms with Crippen LogP contribution in [0.5, 0.6) is 0 Å². The predicted octanol–water partition coefficient (Wildman–Crippen LogP) is 2.39. The summed E-state index contributed by atoms with van der Waals surface area (Å²) in [5, 5.41) is 5.70. The Bertz CT molecular complexity index is 1420. The van der Waals surface area contributed by atoms with Crippen molar-refractivity contribution in [3.63, 3.8) is 0 Å². The summed E-state index contributed by atoms with van der Waals surface area (Å²) in [6, 6.07) is 10.6. The highest BCUT2D eigenvalue weighted by Gasteiger charge is 2.19. The number of aryl methyl sites for hydroxylation is 1. The van der Waals surface area contributed by atoms with Crippen LogP contribution in [0, 0.1) is 6.92 Å². The fourth-order valence-corrected chi connectivity index (χ4v) is 4.83. The third-order valence-electron chi connectivity index (χ3n) is 4.55. The van der Waals surface area contributed by atoms with Crippen LogP contribution in [-0.4, -0.2) is 35.8 Å².